The summed E-state index contributed by atoms with van der Waals surface area (Å²) in [5.74, 6) is -0.298. The maximum absolute atomic E-state index is 12.7. The number of aromatic nitrogens is 2. The van der Waals surface area contributed by atoms with Crippen LogP contribution >= 0.6 is 0 Å². The third-order valence-corrected chi connectivity index (χ3v) is 8.67. The number of rotatable bonds is 9. The molecule has 0 spiro atoms. The number of benzene rings is 2. The molecule has 1 saturated heterocycles. The molecule has 2 heterocycles. The number of hydrogen-bond acceptors (Lipinski definition) is 8. The van der Waals surface area contributed by atoms with Gasteiger partial charge in [-0.1, -0.05) is 12.1 Å². The Morgan fingerprint density at radius 2 is 1.50 bits per heavy atom. The first-order valence-corrected chi connectivity index (χ1v) is 14.0. The van der Waals surface area contributed by atoms with Crippen molar-refractivity contribution >= 4 is 37.6 Å². The molecular weight excluding hydrogens is 506 g/mol. The lowest BCUT2D eigenvalue weighted by Gasteiger charge is -2.26. The molecule has 1 aliphatic rings. The molecule has 2 N–H and O–H groups in total. The molecule has 11 nitrogen and oxygen atoms in total. The van der Waals surface area contributed by atoms with Crippen LogP contribution in [0.4, 0.5) is 11.6 Å². The number of nitrogens with one attached hydrogen (secondary N) is 2. The summed E-state index contributed by atoms with van der Waals surface area (Å²) in [7, 11) is -7.43. The zero-order chi connectivity index (χ0) is 25.6. The molecule has 0 bridgehead atoms. The maximum Gasteiger partial charge on any atom is 0.264 e. The molecule has 0 saturated carbocycles. The fraction of sp³-hybridized carbons (Fsp3) is 0.261. The number of ether oxygens (including phenoxy) is 1. The molecule has 190 valence electrons. The standard InChI is InChI=1S/C23H25N5O6S2/c29-22(11-4-18-2-7-21(8-3-18)36(32,33)28-14-16-34-17-15-28)26-19-5-9-20(10-6-19)35(30,31)27-23-24-12-1-13-25-23/h1-3,5-10,12-13H,4,11,14-17H2,(H,26,29)(H,24,25,27). The van der Waals surface area contributed by atoms with Crippen molar-refractivity contribution in [3.05, 3.63) is 72.6 Å². The summed E-state index contributed by atoms with van der Waals surface area (Å²) < 4.78 is 59.2. The van der Waals surface area contributed by atoms with E-state index in [1.54, 1.807) is 30.3 Å². The highest BCUT2D eigenvalue weighted by atomic mass is 32.2. The zero-order valence-electron chi connectivity index (χ0n) is 19.2. The van der Waals surface area contributed by atoms with Gasteiger partial charge in [0.1, 0.15) is 0 Å². The van der Waals surface area contributed by atoms with E-state index < -0.39 is 20.0 Å². The van der Waals surface area contributed by atoms with Crippen LogP contribution < -0.4 is 10.0 Å². The van der Waals surface area contributed by atoms with Crippen LogP contribution in [0.25, 0.3) is 0 Å². The van der Waals surface area contributed by atoms with Crippen molar-refractivity contribution in [1.82, 2.24) is 14.3 Å². The van der Waals surface area contributed by atoms with E-state index in [1.807, 2.05) is 0 Å². The first-order valence-electron chi connectivity index (χ1n) is 11.1. The van der Waals surface area contributed by atoms with Gasteiger partial charge in [0.2, 0.25) is 21.9 Å². The Morgan fingerprint density at radius 1 is 0.889 bits per heavy atom. The molecule has 4 rings (SSSR count). The highest BCUT2D eigenvalue weighted by Gasteiger charge is 2.26. The number of aryl methyl sites for hydroxylation is 1. The first-order chi connectivity index (χ1) is 17.2. The van der Waals surface area contributed by atoms with E-state index in [9.17, 15) is 21.6 Å². The van der Waals surface area contributed by atoms with Crippen molar-refractivity contribution in [2.24, 2.45) is 0 Å². The molecule has 13 heteroatoms. The third-order valence-electron chi connectivity index (χ3n) is 5.41. The van der Waals surface area contributed by atoms with Crippen LogP contribution in [-0.2, 0) is 36.0 Å². The van der Waals surface area contributed by atoms with Gasteiger partial charge < -0.3 is 10.1 Å². The fourth-order valence-corrected chi connectivity index (χ4v) is 5.86. The Labute approximate surface area is 209 Å². The lowest BCUT2D eigenvalue weighted by Crippen LogP contribution is -2.40. The molecule has 0 radical (unpaired) electrons. The van der Waals surface area contributed by atoms with Gasteiger partial charge in [-0.25, -0.2) is 31.5 Å². The Morgan fingerprint density at radius 3 is 2.14 bits per heavy atom. The largest absolute Gasteiger partial charge is 0.379 e. The molecule has 0 unspecified atom stereocenters. The van der Waals surface area contributed by atoms with E-state index in [4.69, 9.17) is 4.74 Å². The summed E-state index contributed by atoms with van der Waals surface area (Å²) in [6.45, 7) is 1.42. The second-order valence-electron chi connectivity index (χ2n) is 7.91. The molecule has 1 aromatic heterocycles. The van der Waals surface area contributed by atoms with Crippen LogP contribution in [0.3, 0.4) is 0 Å². The van der Waals surface area contributed by atoms with E-state index in [2.05, 4.69) is 20.0 Å². The van der Waals surface area contributed by atoms with Gasteiger partial charge in [-0.05, 0) is 54.4 Å². The Balaban J connectivity index is 1.30. The van der Waals surface area contributed by atoms with E-state index in [0.717, 1.165) is 5.56 Å². The van der Waals surface area contributed by atoms with Crippen LogP contribution in [0.15, 0.2) is 76.8 Å². The van der Waals surface area contributed by atoms with E-state index in [0.29, 0.717) is 38.4 Å². The Kier molecular flexibility index (Phi) is 7.94. The second-order valence-corrected chi connectivity index (χ2v) is 11.5. The number of anilines is 2. The van der Waals surface area contributed by atoms with Crippen molar-refractivity contribution < 1.29 is 26.4 Å². The van der Waals surface area contributed by atoms with Gasteiger partial charge in [0.15, 0.2) is 0 Å². The Bertz CT molecular complexity index is 1390. The highest BCUT2D eigenvalue weighted by Crippen LogP contribution is 2.19. The predicted molar refractivity (Wildman–Crippen MR) is 132 cm³/mol. The van der Waals surface area contributed by atoms with Gasteiger partial charge in [0, 0.05) is 37.6 Å². The average Bonchev–Trinajstić information content (AvgIpc) is 2.89. The number of hydrogen-bond donors (Lipinski definition) is 2. The number of amides is 1. The molecule has 0 atom stereocenters. The number of nitrogens with zero attached hydrogens (tertiary/aromatic N) is 3. The van der Waals surface area contributed by atoms with Gasteiger partial charge in [0.05, 0.1) is 23.0 Å². The van der Waals surface area contributed by atoms with Gasteiger partial charge in [-0.2, -0.15) is 4.31 Å². The molecular formula is C23H25N5O6S2. The summed E-state index contributed by atoms with van der Waals surface area (Å²) in [6.07, 6.45) is 3.43. The molecule has 0 aliphatic carbocycles. The fourth-order valence-electron chi connectivity index (χ4n) is 3.49. The van der Waals surface area contributed by atoms with Gasteiger partial charge >= 0.3 is 0 Å². The Hall–Kier alpha value is -3.39. The van der Waals surface area contributed by atoms with E-state index in [-0.39, 0.29) is 28.1 Å². The van der Waals surface area contributed by atoms with Crippen LogP contribution in [0.5, 0.6) is 0 Å². The maximum atomic E-state index is 12.7. The van der Waals surface area contributed by atoms with Crippen molar-refractivity contribution in [3.63, 3.8) is 0 Å². The lowest BCUT2D eigenvalue weighted by molar-refractivity contribution is -0.116. The van der Waals surface area contributed by atoms with Gasteiger partial charge in [-0.15, -0.1) is 0 Å². The second kappa shape index (κ2) is 11.1. The monoisotopic (exact) mass is 531 g/mol. The number of carbonyl (C=O) groups is 1. The predicted octanol–water partition coefficient (Wildman–Crippen LogP) is 1.87. The lowest BCUT2D eigenvalue weighted by atomic mass is 10.1. The topological polar surface area (TPSA) is 148 Å². The molecule has 1 fully saturated rings. The van der Waals surface area contributed by atoms with Crippen LogP contribution in [0.2, 0.25) is 0 Å². The molecule has 1 amide bonds. The number of morpholine rings is 1. The molecule has 2 aromatic carbocycles. The summed E-state index contributed by atoms with van der Waals surface area (Å²) in [4.78, 5) is 20.2. The third kappa shape index (κ3) is 6.43. The van der Waals surface area contributed by atoms with E-state index >= 15 is 0 Å². The molecule has 3 aromatic rings. The SMILES string of the molecule is O=C(CCc1ccc(S(=O)(=O)N2CCOCC2)cc1)Nc1ccc(S(=O)(=O)Nc2ncccn2)cc1. The van der Waals surface area contributed by atoms with Crippen molar-refractivity contribution in [2.45, 2.75) is 22.6 Å². The molecule has 1 aliphatic heterocycles. The van der Waals surface area contributed by atoms with E-state index in [1.165, 1.54) is 41.0 Å². The van der Waals surface area contributed by atoms with Gasteiger partial charge in [-0.3, -0.25) is 4.79 Å². The van der Waals surface area contributed by atoms with Crippen LogP contribution in [0, 0.1) is 0 Å². The minimum absolute atomic E-state index is 0.0000679. The summed E-state index contributed by atoms with van der Waals surface area (Å²) in [5.41, 5.74) is 1.27. The summed E-state index contributed by atoms with van der Waals surface area (Å²) >= 11 is 0. The molecule has 36 heavy (non-hydrogen) atoms. The highest BCUT2D eigenvalue weighted by molar-refractivity contribution is 7.92. The number of carbonyl (C=O) groups excluding carboxylic acids is 1. The quantitative estimate of drug-likeness (QED) is 0.425. The average molecular weight is 532 g/mol. The van der Waals surface area contributed by atoms with Crippen molar-refractivity contribution in [2.75, 3.05) is 36.3 Å². The summed E-state index contributed by atoms with van der Waals surface area (Å²) in [6, 6.07) is 13.8. The minimum atomic E-state index is -3.87. The van der Waals surface area contributed by atoms with Crippen molar-refractivity contribution in [3.8, 4) is 0 Å². The minimum Gasteiger partial charge on any atom is -0.379 e. The normalized spacial score (nSPS) is 14.8. The van der Waals surface area contributed by atoms with Crippen LogP contribution in [-0.4, -0.2) is 63.3 Å². The number of sulfonamides is 2. The smallest absolute Gasteiger partial charge is 0.264 e. The van der Waals surface area contributed by atoms with Crippen LogP contribution in [0.1, 0.15) is 12.0 Å². The zero-order valence-corrected chi connectivity index (χ0v) is 20.8. The van der Waals surface area contributed by atoms with Crippen molar-refractivity contribution in [1.29, 1.82) is 0 Å². The summed E-state index contributed by atoms with van der Waals surface area (Å²) in [5, 5.41) is 2.73. The van der Waals surface area contributed by atoms with Gasteiger partial charge in [0.25, 0.3) is 10.0 Å². The first kappa shape index (κ1) is 25.7.